The Morgan fingerprint density at radius 2 is 1.89 bits per heavy atom. The van der Waals surface area contributed by atoms with Gasteiger partial charge in [-0.3, -0.25) is 0 Å². The van der Waals surface area contributed by atoms with Gasteiger partial charge in [-0.2, -0.15) is 5.10 Å². The average molecular weight is 257 g/mol. The summed E-state index contributed by atoms with van der Waals surface area (Å²) in [5, 5.41) is 4.41. The fourth-order valence-corrected chi connectivity index (χ4v) is 2.67. The summed E-state index contributed by atoms with van der Waals surface area (Å²) in [5.74, 6) is 0.480. The highest BCUT2D eigenvalue weighted by atomic mass is 16.5. The van der Waals surface area contributed by atoms with Crippen LogP contribution in [0.4, 0.5) is 0 Å². The highest BCUT2D eigenvalue weighted by molar-refractivity contribution is 5.33. The third kappa shape index (κ3) is 2.55. The first kappa shape index (κ1) is 12.4. The molecule has 0 amide bonds. The van der Waals surface area contributed by atoms with E-state index in [9.17, 15) is 0 Å². The summed E-state index contributed by atoms with van der Waals surface area (Å²) in [4.78, 5) is 0. The molecule has 0 bridgehead atoms. The maximum Gasteiger partial charge on any atom is 0.0649 e. The summed E-state index contributed by atoms with van der Waals surface area (Å²) in [5.41, 5.74) is 8.58. The van der Waals surface area contributed by atoms with Crippen LogP contribution in [0.15, 0.2) is 42.6 Å². The first-order valence-electron chi connectivity index (χ1n) is 6.79. The molecule has 4 nitrogen and oxygen atoms in total. The molecule has 2 heterocycles. The summed E-state index contributed by atoms with van der Waals surface area (Å²) in [6.07, 6.45) is 3.88. The largest absolute Gasteiger partial charge is 0.381 e. The molecule has 3 rings (SSSR count). The number of nitrogens with zero attached hydrogens (tertiary/aromatic N) is 2. The number of aromatic nitrogens is 2. The average Bonchev–Trinajstić information content (AvgIpc) is 2.98. The van der Waals surface area contributed by atoms with E-state index in [1.165, 1.54) is 0 Å². The number of ether oxygens (including phenoxy) is 1. The number of nitrogens with two attached hydrogens (primary N) is 1. The van der Waals surface area contributed by atoms with Crippen LogP contribution in [0, 0.1) is 5.92 Å². The summed E-state index contributed by atoms with van der Waals surface area (Å²) in [6.45, 7) is 1.63. The third-order valence-electron chi connectivity index (χ3n) is 3.79. The molecule has 0 aliphatic carbocycles. The van der Waals surface area contributed by atoms with E-state index < -0.39 is 0 Å². The van der Waals surface area contributed by atoms with E-state index in [0.717, 1.165) is 37.4 Å². The second-order valence-corrected chi connectivity index (χ2v) is 4.98. The van der Waals surface area contributed by atoms with Crippen molar-refractivity contribution in [1.82, 2.24) is 9.78 Å². The lowest BCUT2D eigenvalue weighted by molar-refractivity contribution is 0.0577. The van der Waals surface area contributed by atoms with Gasteiger partial charge in [0.1, 0.15) is 0 Å². The molecule has 2 aromatic rings. The van der Waals surface area contributed by atoms with Gasteiger partial charge in [0, 0.05) is 19.4 Å². The molecule has 4 heteroatoms. The number of rotatable bonds is 3. The monoisotopic (exact) mass is 257 g/mol. The van der Waals surface area contributed by atoms with Crippen molar-refractivity contribution in [2.75, 3.05) is 13.2 Å². The summed E-state index contributed by atoms with van der Waals surface area (Å²) in [7, 11) is 0. The quantitative estimate of drug-likeness (QED) is 0.918. The van der Waals surface area contributed by atoms with E-state index in [4.69, 9.17) is 10.5 Å². The molecule has 2 N–H and O–H groups in total. The smallest absolute Gasteiger partial charge is 0.0649 e. The first-order chi connectivity index (χ1) is 9.36. The first-order valence-corrected chi connectivity index (χ1v) is 6.79. The Bertz CT molecular complexity index is 517. The minimum absolute atomic E-state index is 0.0200. The van der Waals surface area contributed by atoms with E-state index in [1.807, 2.05) is 47.3 Å². The van der Waals surface area contributed by atoms with Crippen molar-refractivity contribution in [3.05, 3.63) is 48.3 Å². The SMILES string of the molecule is NC(c1ccnn1-c1ccccc1)C1CCOCC1. The van der Waals surface area contributed by atoms with Crippen LogP contribution in [0.3, 0.4) is 0 Å². The Balaban J connectivity index is 1.87. The second-order valence-electron chi connectivity index (χ2n) is 4.98. The van der Waals surface area contributed by atoms with E-state index in [-0.39, 0.29) is 6.04 Å². The van der Waals surface area contributed by atoms with Gasteiger partial charge < -0.3 is 10.5 Å². The Morgan fingerprint density at radius 3 is 2.63 bits per heavy atom. The van der Waals surface area contributed by atoms with Crippen molar-refractivity contribution in [2.24, 2.45) is 11.7 Å². The van der Waals surface area contributed by atoms with Crippen LogP contribution in [0.1, 0.15) is 24.6 Å². The predicted molar refractivity (Wildman–Crippen MR) is 74.0 cm³/mol. The van der Waals surface area contributed by atoms with Crippen molar-refractivity contribution in [2.45, 2.75) is 18.9 Å². The lowest BCUT2D eigenvalue weighted by Crippen LogP contribution is -2.29. The molecule has 1 aromatic heterocycles. The molecule has 1 atom stereocenters. The minimum Gasteiger partial charge on any atom is -0.381 e. The van der Waals surface area contributed by atoms with Crippen molar-refractivity contribution < 1.29 is 4.74 Å². The van der Waals surface area contributed by atoms with Gasteiger partial charge in [0.05, 0.1) is 17.4 Å². The number of para-hydroxylation sites is 1. The number of benzene rings is 1. The second kappa shape index (κ2) is 5.55. The fraction of sp³-hybridized carbons (Fsp3) is 0.400. The molecule has 0 spiro atoms. The molecular weight excluding hydrogens is 238 g/mol. The minimum atomic E-state index is 0.0200. The van der Waals surface area contributed by atoms with Crippen LogP contribution in [-0.4, -0.2) is 23.0 Å². The van der Waals surface area contributed by atoms with Crippen molar-refractivity contribution in [1.29, 1.82) is 0 Å². The number of hydrogen-bond donors (Lipinski definition) is 1. The molecule has 1 aliphatic rings. The Morgan fingerprint density at radius 1 is 1.16 bits per heavy atom. The third-order valence-corrected chi connectivity index (χ3v) is 3.79. The maximum atomic E-state index is 6.44. The Hall–Kier alpha value is -1.65. The van der Waals surface area contributed by atoms with Gasteiger partial charge in [-0.25, -0.2) is 4.68 Å². The molecule has 1 saturated heterocycles. The number of hydrogen-bond acceptors (Lipinski definition) is 3. The summed E-state index contributed by atoms with van der Waals surface area (Å²) >= 11 is 0. The standard InChI is InChI=1S/C15H19N3O/c16-15(12-7-10-19-11-8-12)14-6-9-17-18(14)13-4-2-1-3-5-13/h1-6,9,12,15H,7-8,10-11,16H2. The highest BCUT2D eigenvalue weighted by Crippen LogP contribution is 2.28. The van der Waals surface area contributed by atoms with Crippen LogP contribution in [0.2, 0.25) is 0 Å². The zero-order valence-corrected chi connectivity index (χ0v) is 10.9. The lowest BCUT2D eigenvalue weighted by Gasteiger charge is -2.28. The van der Waals surface area contributed by atoms with E-state index in [2.05, 4.69) is 5.10 Å². The van der Waals surface area contributed by atoms with Gasteiger partial charge in [-0.1, -0.05) is 18.2 Å². The molecule has 1 fully saturated rings. The molecule has 1 aromatic carbocycles. The molecule has 100 valence electrons. The molecule has 0 saturated carbocycles. The summed E-state index contributed by atoms with van der Waals surface area (Å²) < 4.78 is 7.35. The molecule has 1 unspecified atom stereocenters. The van der Waals surface area contributed by atoms with Gasteiger partial charge in [-0.15, -0.1) is 0 Å². The van der Waals surface area contributed by atoms with Gasteiger partial charge in [-0.05, 0) is 37.0 Å². The van der Waals surface area contributed by atoms with Gasteiger partial charge in [0.25, 0.3) is 0 Å². The Kier molecular flexibility index (Phi) is 3.62. The predicted octanol–water partition coefficient (Wildman–Crippen LogP) is 2.30. The normalized spacial score (nSPS) is 18.4. The van der Waals surface area contributed by atoms with Crippen LogP contribution in [0.25, 0.3) is 5.69 Å². The van der Waals surface area contributed by atoms with Gasteiger partial charge >= 0.3 is 0 Å². The lowest BCUT2D eigenvalue weighted by atomic mass is 9.90. The van der Waals surface area contributed by atoms with E-state index in [1.54, 1.807) is 0 Å². The molecule has 19 heavy (non-hydrogen) atoms. The van der Waals surface area contributed by atoms with E-state index in [0.29, 0.717) is 5.92 Å². The van der Waals surface area contributed by atoms with Gasteiger partial charge in [0.15, 0.2) is 0 Å². The highest BCUT2D eigenvalue weighted by Gasteiger charge is 2.25. The topological polar surface area (TPSA) is 53.1 Å². The Labute approximate surface area is 113 Å². The van der Waals surface area contributed by atoms with Crippen molar-refractivity contribution in [3.8, 4) is 5.69 Å². The van der Waals surface area contributed by atoms with Crippen molar-refractivity contribution >= 4 is 0 Å². The summed E-state index contributed by atoms with van der Waals surface area (Å²) in [6, 6.07) is 12.2. The maximum absolute atomic E-state index is 6.44. The molecular formula is C15H19N3O. The van der Waals surface area contributed by atoms with Crippen LogP contribution >= 0.6 is 0 Å². The zero-order valence-electron chi connectivity index (χ0n) is 10.9. The van der Waals surface area contributed by atoms with Gasteiger partial charge in [0.2, 0.25) is 0 Å². The van der Waals surface area contributed by atoms with Crippen LogP contribution in [0.5, 0.6) is 0 Å². The zero-order chi connectivity index (χ0) is 13.1. The van der Waals surface area contributed by atoms with Crippen LogP contribution in [-0.2, 0) is 4.74 Å². The fourth-order valence-electron chi connectivity index (χ4n) is 2.67. The van der Waals surface area contributed by atoms with Crippen LogP contribution < -0.4 is 5.73 Å². The van der Waals surface area contributed by atoms with E-state index >= 15 is 0 Å². The molecule has 1 aliphatic heterocycles. The molecule has 0 radical (unpaired) electrons. The van der Waals surface area contributed by atoms with Crippen molar-refractivity contribution in [3.63, 3.8) is 0 Å².